The minimum Gasteiger partial charge on any atom is -0.493 e. The second-order valence-electron chi connectivity index (χ2n) is 7.68. The van der Waals surface area contributed by atoms with E-state index in [9.17, 15) is 13.2 Å². The Balaban J connectivity index is 1.89. The van der Waals surface area contributed by atoms with Crippen LogP contribution in [0.3, 0.4) is 0 Å². The number of methoxy groups -OCH3 is 3. The van der Waals surface area contributed by atoms with E-state index in [4.69, 9.17) is 38.0 Å². The van der Waals surface area contributed by atoms with E-state index >= 15 is 0 Å². The van der Waals surface area contributed by atoms with Crippen LogP contribution in [0.5, 0.6) is 17.2 Å². The monoisotopic (exact) mass is 502 g/mol. The molecule has 0 radical (unpaired) electrons. The van der Waals surface area contributed by atoms with Crippen molar-refractivity contribution in [2.75, 3.05) is 26.6 Å². The van der Waals surface area contributed by atoms with Crippen LogP contribution in [0.2, 0.25) is 5.02 Å². The van der Waals surface area contributed by atoms with Crippen molar-refractivity contribution in [2.45, 2.75) is 44.4 Å². The Hall–Kier alpha value is -2.39. The average molecular weight is 503 g/mol. The van der Waals surface area contributed by atoms with Crippen LogP contribution in [0, 0.1) is 0 Å². The Labute approximate surface area is 201 Å². The maximum absolute atomic E-state index is 13.0. The third-order valence-corrected chi connectivity index (χ3v) is 6.34. The van der Waals surface area contributed by atoms with E-state index in [2.05, 4.69) is 5.32 Å². The molecule has 0 unspecified atom stereocenters. The standard InChI is InChI=1S/C23H26ClF3N2O3S/c1-30-19-11-8-14(20(31-2)21(19)32-3)13-29(16-6-4-5-7-16)22(33)28-18-10-9-15(12-17(18)24)23(25,26)27/h8-12,16H,4-7,13H2,1-3H3,(H,28,33). The number of anilines is 1. The molecule has 1 N–H and O–H groups in total. The van der Waals surface area contributed by atoms with Crippen molar-refractivity contribution < 1.29 is 27.4 Å². The Bertz CT molecular complexity index is 998. The maximum Gasteiger partial charge on any atom is 0.416 e. The van der Waals surface area contributed by atoms with E-state index < -0.39 is 11.7 Å². The molecule has 0 heterocycles. The summed E-state index contributed by atoms with van der Waals surface area (Å²) in [5.41, 5.74) is 0.341. The molecule has 0 atom stereocenters. The van der Waals surface area contributed by atoms with Gasteiger partial charge in [0.25, 0.3) is 0 Å². The molecule has 3 rings (SSSR count). The van der Waals surface area contributed by atoms with Crippen LogP contribution in [0.15, 0.2) is 30.3 Å². The summed E-state index contributed by atoms with van der Waals surface area (Å²) in [5, 5.41) is 3.36. The van der Waals surface area contributed by atoms with E-state index in [1.54, 1.807) is 20.3 Å². The lowest BCUT2D eigenvalue weighted by atomic mass is 10.1. The Morgan fingerprint density at radius 3 is 2.27 bits per heavy atom. The van der Waals surface area contributed by atoms with Crippen LogP contribution in [0.1, 0.15) is 36.8 Å². The molecule has 5 nitrogen and oxygen atoms in total. The summed E-state index contributed by atoms with van der Waals surface area (Å²) < 4.78 is 55.4. The normalized spacial score (nSPS) is 14.2. The van der Waals surface area contributed by atoms with Gasteiger partial charge >= 0.3 is 6.18 Å². The van der Waals surface area contributed by atoms with Gasteiger partial charge in [0.2, 0.25) is 5.75 Å². The molecule has 1 aliphatic rings. The van der Waals surface area contributed by atoms with Crippen LogP contribution in [-0.4, -0.2) is 37.4 Å². The van der Waals surface area contributed by atoms with Crippen LogP contribution in [-0.2, 0) is 12.7 Å². The molecule has 180 valence electrons. The van der Waals surface area contributed by atoms with Crippen molar-refractivity contribution in [3.8, 4) is 17.2 Å². The first-order chi connectivity index (χ1) is 15.7. The van der Waals surface area contributed by atoms with Gasteiger partial charge in [-0.2, -0.15) is 13.2 Å². The minimum absolute atomic E-state index is 0.0535. The molecular weight excluding hydrogens is 477 g/mol. The molecule has 10 heteroatoms. The van der Waals surface area contributed by atoms with Crippen LogP contribution >= 0.6 is 23.8 Å². The molecular formula is C23H26ClF3N2O3S. The van der Waals surface area contributed by atoms with Gasteiger partial charge in [-0.3, -0.25) is 0 Å². The molecule has 2 aromatic carbocycles. The minimum atomic E-state index is -4.47. The van der Waals surface area contributed by atoms with Crippen molar-refractivity contribution in [3.05, 3.63) is 46.5 Å². The number of nitrogens with zero attached hydrogens (tertiary/aromatic N) is 1. The second-order valence-corrected chi connectivity index (χ2v) is 8.48. The smallest absolute Gasteiger partial charge is 0.416 e. The summed E-state index contributed by atoms with van der Waals surface area (Å²) in [7, 11) is 4.64. The lowest BCUT2D eigenvalue weighted by molar-refractivity contribution is -0.137. The third kappa shape index (κ3) is 5.76. The highest BCUT2D eigenvalue weighted by Gasteiger charge is 2.31. The number of thiocarbonyl (C=S) groups is 1. The van der Waals surface area contributed by atoms with E-state index in [0.717, 1.165) is 43.4 Å². The van der Waals surface area contributed by atoms with Gasteiger partial charge in [0.05, 0.1) is 37.6 Å². The zero-order valence-corrected chi connectivity index (χ0v) is 20.2. The molecule has 33 heavy (non-hydrogen) atoms. The highest BCUT2D eigenvalue weighted by atomic mass is 35.5. The molecule has 0 bridgehead atoms. The zero-order valence-electron chi connectivity index (χ0n) is 18.6. The first kappa shape index (κ1) is 25.2. The van der Waals surface area contributed by atoms with E-state index in [1.807, 2.05) is 11.0 Å². The molecule has 2 aromatic rings. The predicted molar refractivity (Wildman–Crippen MR) is 127 cm³/mol. The Morgan fingerprint density at radius 1 is 1.06 bits per heavy atom. The summed E-state index contributed by atoms with van der Waals surface area (Å²) in [6.07, 6.45) is -0.402. The summed E-state index contributed by atoms with van der Waals surface area (Å²) in [6.45, 7) is 0.415. The number of alkyl halides is 3. The number of nitrogens with one attached hydrogen (secondary N) is 1. The number of hydrogen-bond donors (Lipinski definition) is 1. The van der Waals surface area contributed by atoms with Gasteiger partial charge in [-0.05, 0) is 55.4 Å². The molecule has 1 aliphatic carbocycles. The summed E-state index contributed by atoms with van der Waals surface area (Å²) in [6, 6.07) is 7.03. The number of benzene rings is 2. The van der Waals surface area contributed by atoms with Gasteiger partial charge in [-0.1, -0.05) is 24.4 Å². The molecule has 0 amide bonds. The van der Waals surface area contributed by atoms with E-state index in [0.29, 0.717) is 34.6 Å². The molecule has 1 saturated carbocycles. The third-order valence-electron chi connectivity index (χ3n) is 5.69. The van der Waals surface area contributed by atoms with Crippen molar-refractivity contribution in [3.63, 3.8) is 0 Å². The Morgan fingerprint density at radius 2 is 1.73 bits per heavy atom. The van der Waals surface area contributed by atoms with Crippen molar-refractivity contribution in [1.82, 2.24) is 4.90 Å². The first-order valence-electron chi connectivity index (χ1n) is 10.4. The fourth-order valence-corrected chi connectivity index (χ4v) is 4.59. The van der Waals surface area contributed by atoms with Crippen molar-refractivity contribution in [1.29, 1.82) is 0 Å². The fourth-order valence-electron chi connectivity index (χ4n) is 4.03. The summed E-state index contributed by atoms with van der Waals surface area (Å²) in [5.74, 6) is 1.56. The maximum atomic E-state index is 13.0. The van der Waals surface area contributed by atoms with Crippen LogP contribution < -0.4 is 19.5 Å². The molecule has 0 aromatic heterocycles. The molecule has 1 fully saturated rings. The largest absolute Gasteiger partial charge is 0.493 e. The van der Waals surface area contributed by atoms with E-state index in [-0.39, 0.29) is 11.1 Å². The van der Waals surface area contributed by atoms with Gasteiger partial charge in [0.15, 0.2) is 16.6 Å². The lowest BCUT2D eigenvalue weighted by Gasteiger charge is -2.32. The van der Waals surface area contributed by atoms with E-state index in [1.165, 1.54) is 13.2 Å². The zero-order chi connectivity index (χ0) is 24.2. The summed E-state index contributed by atoms with van der Waals surface area (Å²) >= 11 is 11.8. The van der Waals surface area contributed by atoms with Gasteiger partial charge in [0.1, 0.15) is 0 Å². The van der Waals surface area contributed by atoms with Crippen molar-refractivity contribution >= 4 is 34.6 Å². The highest BCUT2D eigenvalue weighted by Crippen LogP contribution is 2.41. The van der Waals surface area contributed by atoms with Gasteiger partial charge in [-0.25, -0.2) is 0 Å². The molecule has 0 saturated heterocycles. The van der Waals surface area contributed by atoms with Crippen molar-refractivity contribution in [2.24, 2.45) is 0 Å². The van der Waals surface area contributed by atoms with Gasteiger partial charge in [-0.15, -0.1) is 0 Å². The Kier molecular flexibility index (Phi) is 8.18. The molecule has 0 spiro atoms. The quantitative estimate of drug-likeness (QED) is 0.434. The van der Waals surface area contributed by atoms with Gasteiger partial charge < -0.3 is 24.4 Å². The number of rotatable bonds is 7. The number of halogens is 4. The summed E-state index contributed by atoms with van der Waals surface area (Å²) in [4.78, 5) is 2.03. The second kappa shape index (κ2) is 10.7. The topological polar surface area (TPSA) is 43.0 Å². The average Bonchev–Trinajstić information content (AvgIpc) is 3.31. The van der Waals surface area contributed by atoms with Gasteiger partial charge in [0, 0.05) is 18.2 Å². The molecule has 0 aliphatic heterocycles. The van der Waals surface area contributed by atoms with Crippen LogP contribution in [0.4, 0.5) is 18.9 Å². The fraction of sp³-hybridized carbons (Fsp3) is 0.435. The first-order valence-corrected chi connectivity index (χ1v) is 11.2. The SMILES string of the molecule is COc1ccc(CN(C(=S)Nc2ccc(C(F)(F)F)cc2Cl)C2CCCC2)c(OC)c1OC. The van der Waals surface area contributed by atoms with Crippen LogP contribution in [0.25, 0.3) is 0 Å². The number of hydrogen-bond acceptors (Lipinski definition) is 4. The lowest BCUT2D eigenvalue weighted by Crippen LogP contribution is -2.41. The highest BCUT2D eigenvalue weighted by molar-refractivity contribution is 7.80. The number of ether oxygens (including phenoxy) is 3. The predicted octanol–water partition coefficient (Wildman–Crippen LogP) is 6.53.